The van der Waals surface area contributed by atoms with E-state index in [1.54, 1.807) is 0 Å². The lowest BCUT2D eigenvalue weighted by atomic mass is 9.67. The lowest BCUT2D eigenvalue weighted by Crippen LogP contribution is -2.35. The fraction of sp³-hybridized carbons (Fsp3) is 0.236. The zero-order chi connectivity index (χ0) is 39.8. The minimum absolute atomic E-state index is 0.0315. The smallest absolute Gasteiger partial charge is 0.0504 e. The van der Waals surface area contributed by atoms with Crippen molar-refractivity contribution in [2.75, 3.05) is 14.7 Å². The topological polar surface area (TPSA) is 9.72 Å². The zero-order valence-electron chi connectivity index (χ0n) is 34.8. The predicted octanol–water partition coefficient (Wildman–Crippen LogP) is 15.6. The fourth-order valence-corrected chi connectivity index (χ4v) is 11.3. The van der Waals surface area contributed by atoms with Crippen LogP contribution >= 0.6 is 0 Å². The van der Waals surface area contributed by atoms with E-state index in [4.69, 9.17) is 0 Å². The van der Waals surface area contributed by atoms with E-state index >= 15 is 0 Å². The second kappa shape index (κ2) is 13.5. The van der Waals surface area contributed by atoms with Gasteiger partial charge in [-0.2, -0.15) is 0 Å². The van der Waals surface area contributed by atoms with Crippen LogP contribution in [0.15, 0.2) is 164 Å². The van der Waals surface area contributed by atoms with E-state index in [9.17, 15) is 0 Å². The summed E-state index contributed by atoms with van der Waals surface area (Å²) in [6.45, 7) is 14.3. The van der Waals surface area contributed by atoms with Crippen LogP contribution in [0, 0.1) is 0 Å². The van der Waals surface area contributed by atoms with Gasteiger partial charge in [0.15, 0.2) is 0 Å². The van der Waals surface area contributed by atoms with E-state index < -0.39 is 0 Å². The highest BCUT2D eigenvalue weighted by Gasteiger charge is 2.44. The molecule has 7 aromatic carbocycles. The maximum atomic E-state index is 2.53. The minimum atomic E-state index is -0.321. The van der Waals surface area contributed by atoms with Gasteiger partial charge in [0.05, 0.1) is 34.1 Å². The summed E-state index contributed by atoms with van der Waals surface area (Å²) in [7, 11) is 0. The number of nitrogens with zero attached hydrogens (tertiary/aromatic N) is 3. The summed E-state index contributed by atoms with van der Waals surface area (Å²) in [4.78, 5) is 7.54. The molecule has 0 radical (unpaired) electrons. The molecule has 0 saturated carbocycles. The van der Waals surface area contributed by atoms with Gasteiger partial charge in [-0.25, -0.2) is 0 Å². The minimum Gasteiger partial charge on any atom is -0.310 e. The molecule has 0 spiro atoms. The van der Waals surface area contributed by atoms with Gasteiger partial charge >= 0.3 is 0 Å². The van der Waals surface area contributed by atoms with Gasteiger partial charge < -0.3 is 14.7 Å². The molecule has 10 rings (SSSR count). The van der Waals surface area contributed by atoms with Crippen molar-refractivity contribution in [3.05, 3.63) is 197 Å². The van der Waals surface area contributed by atoms with Gasteiger partial charge in [0.25, 0.3) is 0 Å². The molecule has 0 saturated heterocycles. The standard InChI is InChI=1S/C55H53N3/c1-7-54(8-2)41-24-14-18-28-47(41)57(48-29-19-15-25-42(48)54)39-32-34-51-45(36-39)53(5,6)46-37-40(33-35-52(46)56(51)38-22-12-11-13-23-38)58-49-30-20-16-26-43(49)55(9-3,10-4)44-27-17-21-31-50(44)58/h11-37H,7-10H2,1-6H3. The molecule has 7 aromatic rings. The number of benzene rings is 7. The van der Waals surface area contributed by atoms with Gasteiger partial charge in [-0.05, 0) is 132 Å². The van der Waals surface area contributed by atoms with Crippen LogP contribution in [-0.2, 0) is 16.2 Å². The molecule has 0 N–H and O–H groups in total. The van der Waals surface area contributed by atoms with E-state index in [2.05, 4.69) is 220 Å². The maximum Gasteiger partial charge on any atom is 0.0504 e. The molecule has 0 atom stereocenters. The van der Waals surface area contributed by atoms with Gasteiger partial charge in [0.2, 0.25) is 0 Å². The Bertz CT molecular complexity index is 2420. The molecule has 3 heteroatoms. The quantitative estimate of drug-likeness (QED) is 0.160. The highest BCUT2D eigenvalue weighted by Crippen LogP contribution is 2.59. The largest absolute Gasteiger partial charge is 0.310 e. The van der Waals surface area contributed by atoms with Crippen LogP contribution < -0.4 is 14.7 Å². The molecule has 3 nitrogen and oxygen atoms in total. The normalized spacial score (nSPS) is 16.3. The molecular weight excluding hydrogens is 703 g/mol. The first-order chi connectivity index (χ1) is 28.3. The molecular formula is C55H53N3. The second-order valence-corrected chi connectivity index (χ2v) is 17.0. The van der Waals surface area contributed by atoms with E-state index in [0.29, 0.717) is 0 Å². The van der Waals surface area contributed by atoms with Crippen molar-refractivity contribution in [3.8, 4) is 0 Å². The van der Waals surface area contributed by atoms with E-state index in [0.717, 1.165) is 31.4 Å². The van der Waals surface area contributed by atoms with Crippen molar-refractivity contribution < 1.29 is 0 Å². The summed E-state index contributed by atoms with van der Waals surface area (Å²) in [5.74, 6) is 0. The van der Waals surface area contributed by atoms with Crippen LogP contribution in [0.5, 0.6) is 0 Å². The zero-order valence-corrected chi connectivity index (χ0v) is 34.8. The Labute approximate surface area is 345 Å². The fourth-order valence-electron chi connectivity index (χ4n) is 11.3. The lowest BCUT2D eigenvalue weighted by Gasteiger charge is -2.47. The molecule has 0 aromatic heterocycles. The van der Waals surface area contributed by atoms with Gasteiger partial charge in [-0.15, -0.1) is 0 Å². The molecule has 0 bridgehead atoms. The van der Waals surface area contributed by atoms with Gasteiger partial charge in [-0.1, -0.05) is 133 Å². The maximum absolute atomic E-state index is 2.53. The van der Waals surface area contributed by atoms with E-state index in [1.165, 1.54) is 78.9 Å². The molecule has 0 amide bonds. The van der Waals surface area contributed by atoms with Gasteiger partial charge in [0, 0.05) is 33.3 Å². The summed E-state index contributed by atoms with van der Waals surface area (Å²) in [5, 5.41) is 0. The first-order valence-electron chi connectivity index (χ1n) is 21.5. The SMILES string of the molecule is CCC1(CC)c2ccccc2N(c2ccc3c(c2)C(C)(C)c2cc(N4c5ccccc5C(CC)(CC)c5ccccc54)ccc2N3c2ccccc2)c2ccccc21. The van der Waals surface area contributed by atoms with Crippen LogP contribution in [-0.4, -0.2) is 0 Å². The van der Waals surface area contributed by atoms with Crippen LogP contribution in [0.3, 0.4) is 0 Å². The summed E-state index contributed by atoms with van der Waals surface area (Å²) in [6, 6.07) is 61.8. The Morgan fingerprint density at radius 3 is 0.948 bits per heavy atom. The molecule has 3 aliphatic rings. The number of fused-ring (bicyclic) bond motifs is 6. The number of hydrogen-bond donors (Lipinski definition) is 0. The van der Waals surface area contributed by atoms with Crippen LogP contribution in [0.25, 0.3) is 0 Å². The summed E-state index contributed by atoms with van der Waals surface area (Å²) >= 11 is 0. The number of hydrogen-bond acceptors (Lipinski definition) is 3. The molecule has 3 heterocycles. The monoisotopic (exact) mass is 755 g/mol. The first-order valence-corrected chi connectivity index (χ1v) is 21.5. The highest BCUT2D eigenvalue weighted by atomic mass is 15.2. The van der Waals surface area contributed by atoms with Crippen molar-refractivity contribution in [2.45, 2.75) is 83.5 Å². The van der Waals surface area contributed by atoms with E-state index in [-0.39, 0.29) is 16.2 Å². The third-order valence-electron chi connectivity index (χ3n) is 14.4. The Kier molecular flexibility index (Phi) is 8.46. The highest BCUT2D eigenvalue weighted by molar-refractivity contribution is 5.93. The van der Waals surface area contributed by atoms with Gasteiger partial charge in [-0.3, -0.25) is 0 Å². The van der Waals surface area contributed by atoms with Crippen molar-refractivity contribution in [2.24, 2.45) is 0 Å². The lowest BCUT2D eigenvalue weighted by molar-refractivity contribution is 0.474. The molecule has 0 fully saturated rings. The third-order valence-corrected chi connectivity index (χ3v) is 14.4. The Balaban J connectivity index is 1.18. The summed E-state index contributed by atoms with van der Waals surface area (Å²) in [6.07, 6.45) is 4.21. The summed E-state index contributed by atoms with van der Waals surface area (Å²) < 4.78 is 0. The van der Waals surface area contributed by atoms with Crippen LogP contribution in [0.4, 0.5) is 51.2 Å². The number of anilines is 9. The third kappa shape index (κ3) is 4.92. The molecule has 0 aliphatic carbocycles. The Morgan fingerprint density at radius 2 is 0.603 bits per heavy atom. The van der Waals surface area contributed by atoms with Crippen molar-refractivity contribution >= 4 is 51.2 Å². The predicted molar refractivity (Wildman–Crippen MR) is 245 cm³/mol. The molecule has 0 unspecified atom stereocenters. The average molecular weight is 756 g/mol. The van der Waals surface area contributed by atoms with Crippen molar-refractivity contribution in [1.29, 1.82) is 0 Å². The molecule has 288 valence electrons. The number of rotatable bonds is 7. The van der Waals surface area contributed by atoms with Gasteiger partial charge in [0.1, 0.15) is 0 Å². The Hall–Kier alpha value is -6.06. The van der Waals surface area contributed by atoms with Crippen LogP contribution in [0.2, 0.25) is 0 Å². The summed E-state index contributed by atoms with van der Waals surface area (Å²) in [5.41, 5.74) is 19.0. The first kappa shape index (κ1) is 36.3. The molecule has 58 heavy (non-hydrogen) atoms. The van der Waals surface area contributed by atoms with Crippen molar-refractivity contribution in [1.82, 2.24) is 0 Å². The second-order valence-electron chi connectivity index (χ2n) is 17.0. The van der Waals surface area contributed by atoms with Crippen LogP contribution in [0.1, 0.15) is 101 Å². The molecule has 3 aliphatic heterocycles. The number of para-hydroxylation sites is 5. The van der Waals surface area contributed by atoms with E-state index in [1.807, 2.05) is 0 Å². The Morgan fingerprint density at radius 1 is 0.310 bits per heavy atom. The van der Waals surface area contributed by atoms with Crippen molar-refractivity contribution in [3.63, 3.8) is 0 Å². The average Bonchev–Trinajstić information content (AvgIpc) is 3.28.